The number of Topliss-reactive ketones (excluding diaryl/α,β-unsaturated/α-hetero) is 2. The smallest absolute Gasteiger partial charge is 0.185 e. The number of hydrogen-bond acceptors (Lipinski definition) is 4. The van der Waals surface area contributed by atoms with Crippen LogP contribution in [0.3, 0.4) is 0 Å². The highest BCUT2D eigenvalue weighted by molar-refractivity contribution is 5.85. The van der Waals surface area contributed by atoms with Gasteiger partial charge in [0.05, 0.1) is 0 Å². The van der Waals surface area contributed by atoms with Crippen molar-refractivity contribution < 1.29 is 14.7 Å². The molecule has 156 valence electrons. The summed E-state index contributed by atoms with van der Waals surface area (Å²) in [6.45, 7) is 7.71. The lowest BCUT2D eigenvalue weighted by atomic mass is 10.0. The molecule has 5 N–H and O–H groups in total. The molecule has 0 aliphatic carbocycles. The highest BCUT2D eigenvalue weighted by Gasteiger charge is 1.98. The van der Waals surface area contributed by atoms with Crippen LogP contribution in [0.5, 0.6) is 0 Å². The second-order valence-corrected chi connectivity index (χ2v) is 5.67. The summed E-state index contributed by atoms with van der Waals surface area (Å²) in [6, 6.07) is 14.3. The molecule has 2 aromatic carbocycles. The van der Waals surface area contributed by atoms with Gasteiger partial charge < -0.3 is 21.4 Å². The number of carbonyl (C=O) groups is 2. The molecule has 0 unspecified atom stereocenters. The van der Waals surface area contributed by atoms with Gasteiger partial charge in [-0.2, -0.15) is 0 Å². The van der Waals surface area contributed by atoms with Crippen molar-refractivity contribution in [2.24, 2.45) is 16.5 Å². The first-order valence-corrected chi connectivity index (χ1v) is 9.35. The molecule has 28 heavy (non-hydrogen) atoms. The summed E-state index contributed by atoms with van der Waals surface area (Å²) in [4.78, 5) is 25.0. The first-order valence-electron chi connectivity index (χ1n) is 9.35. The number of aliphatic hydroxyl groups excluding tert-OH is 1. The molecular weight excluding hydrogens is 354 g/mol. The zero-order valence-corrected chi connectivity index (χ0v) is 17.7. The number of hydrogen-bond donors (Lipinski definition) is 3. The summed E-state index contributed by atoms with van der Waals surface area (Å²) in [6.07, 6.45) is 1.81. The van der Waals surface area contributed by atoms with Crippen molar-refractivity contribution >= 4 is 28.3 Å². The van der Waals surface area contributed by atoms with E-state index in [2.05, 4.69) is 29.3 Å². The van der Waals surface area contributed by atoms with Gasteiger partial charge in [-0.3, -0.25) is 9.79 Å². The van der Waals surface area contributed by atoms with Crippen LogP contribution in [0.2, 0.25) is 0 Å². The average Bonchev–Trinajstić information content (AvgIpc) is 2.68. The van der Waals surface area contributed by atoms with E-state index in [-0.39, 0.29) is 17.5 Å². The van der Waals surface area contributed by atoms with Gasteiger partial charge in [-0.1, -0.05) is 56.3 Å². The number of ketones is 2. The molecule has 0 bridgehead atoms. The number of aliphatic hydroxyl groups is 1. The minimum Gasteiger partial charge on any atom is -0.400 e. The van der Waals surface area contributed by atoms with Crippen LogP contribution >= 0.6 is 0 Å². The highest BCUT2D eigenvalue weighted by atomic mass is 16.2. The summed E-state index contributed by atoms with van der Waals surface area (Å²) in [5.74, 6) is 0.467. The van der Waals surface area contributed by atoms with Gasteiger partial charge in [0.1, 0.15) is 11.6 Å². The molecule has 2 rings (SSSR count). The largest absolute Gasteiger partial charge is 0.400 e. The number of benzene rings is 2. The minimum absolute atomic E-state index is 0.0866. The molecule has 0 aliphatic heterocycles. The lowest BCUT2D eigenvalue weighted by molar-refractivity contribution is -0.117. The van der Waals surface area contributed by atoms with E-state index in [1.54, 1.807) is 13.8 Å². The predicted molar refractivity (Wildman–Crippen MR) is 118 cm³/mol. The number of guanidine groups is 1. The van der Waals surface area contributed by atoms with E-state index >= 15 is 0 Å². The van der Waals surface area contributed by atoms with Crippen molar-refractivity contribution in [2.75, 3.05) is 13.7 Å². The molecule has 0 atom stereocenters. The Kier molecular flexibility index (Phi) is 17.3. The van der Waals surface area contributed by atoms with Crippen molar-refractivity contribution in [1.29, 1.82) is 0 Å². The lowest BCUT2D eigenvalue weighted by Gasteiger charge is -2.00. The molecule has 0 saturated heterocycles. The molecule has 0 aromatic heterocycles. The van der Waals surface area contributed by atoms with Gasteiger partial charge in [-0.05, 0) is 36.6 Å². The number of aliphatic imine (C=N–C) groups is 1. The Hall–Kier alpha value is -2.73. The van der Waals surface area contributed by atoms with Gasteiger partial charge in [-0.25, -0.2) is 0 Å². The summed E-state index contributed by atoms with van der Waals surface area (Å²) in [5, 5.41) is 9.42. The van der Waals surface area contributed by atoms with Crippen molar-refractivity contribution in [3.63, 3.8) is 0 Å². The normalized spacial score (nSPS) is 8.79. The van der Waals surface area contributed by atoms with E-state index in [1.807, 2.05) is 32.0 Å². The number of rotatable bonds is 6. The van der Waals surface area contributed by atoms with E-state index in [4.69, 9.17) is 16.6 Å². The average molecular weight is 390 g/mol. The summed E-state index contributed by atoms with van der Waals surface area (Å²) in [5.41, 5.74) is 11.2. The molecule has 6 nitrogen and oxygen atoms in total. The maximum absolute atomic E-state index is 10.9. The van der Waals surface area contributed by atoms with Crippen LogP contribution in [-0.2, 0) is 16.0 Å². The molecular formula is C22H35N3O3. The monoisotopic (exact) mass is 389 g/mol. The molecule has 0 saturated carbocycles. The Morgan fingerprint density at radius 2 is 1.50 bits per heavy atom. The van der Waals surface area contributed by atoms with Gasteiger partial charge in [0.25, 0.3) is 0 Å². The van der Waals surface area contributed by atoms with Crippen LogP contribution in [0.25, 0.3) is 10.8 Å². The van der Waals surface area contributed by atoms with Crippen molar-refractivity contribution in [2.45, 2.75) is 47.0 Å². The highest BCUT2D eigenvalue weighted by Crippen LogP contribution is 2.15. The molecule has 0 radical (unpaired) electrons. The molecule has 0 aliphatic rings. The second-order valence-electron chi connectivity index (χ2n) is 5.67. The topological polar surface area (TPSA) is 119 Å². The minimum atomic E-state index is 0.0866. The van der Waals surface area contributed by atoms with Crippen LogP contribution in [-0.4, -0.2) is 36.3 Å². The maximum Gasteiger partial charge on any atom is 0.185 e. The fourth-order valence-electron chi connectivity index (χ4n) is 2.17. The number of nitrogens with zero attached hydrogens (tertiary/aromatic N) is 1. The molecule has 0 heterocycles. The Morgan fingerprint density at radius 1 is 0.929 bits per heavy atom. The lowest BCUT2D eigenvalue weighted by Crippen LogP contribution is -2.23. The molecule has 0 amide bonds. The Bertz CT molecular complexity index is 724. The van der Waals surface area contributed by atoms with E-state index < -0.39 is 0 Å². The van der Waals surface area contributed by atoms with Crippen LogP contribution < -0.4 is 11.5 Å². The Labute approximate surface area is 168 Å². The van der Waals surface area contributed by atoms with Crippen molar-refractivity contribution in [3.8, 4) is 0 Å². The van der Waals surface area contributed by atoms with Crippen LogP contribution in [0.15, 0.2) is 47.5 Å². The zero-order chi connectivity index (χ0) is 21.9. The molecule has 2 aromatic rings. The van der Waals surface area contributed by atoms with Crippen molar-refractivity contribution in [1.82, 2.24) is 0 Å². The third-order valence-electron chi connectivity index (χ3n) is 3.25. The Morgan fingerprint density at radius 3 is 2.00 bits per heavy atom. The number of fused-ring (bicyclic) bond motifs is 1. The van der Waals surface area contributed by atoms with E-state index in [0.717, 1.165) is 19.1 Å². The molecule has 0 fully saturated rings. The number of carbonyl (C=O) groups excluding carboxylic acids is 2. The quantitative estimate of drug-likeness (QED) is 0.398. The SMILES string of the molecule is CC.CC(=O)CCCN=C(N)N.CC(=O)Cc1ccc2ccccc2c1.CO. The van der Waals surface area contributed by atoms with E-state index in [0.29, 0.717) is 19.4 Å². The first-order chi connectivity index (χ1) is 13.4. The van der Waals surface area contributed by atoms with Crippen LogP contribution in [0.1, 0.15) is 46.1 Å². The zero-order valence-electron chi connectivity index (χ0n) is 17.7. The third kappa shape index (κ3) is 14.4. The van der Waals surface area contributed by atoms with E-state index in [9.17, 15) is 9.59 Å². The number of nitrogens with two attached hydrogens (primary N) is 2. The predicted octanol–water partition coefficient (Wildman–Crippen LogP) is 3.24. The fraction of sp³-hybridized carbons (Fsp3) is 0.409. The van der Waals surface area contributed by atoms with Gasteiger partial charge >= 0.3 is 0 Å². The summed E-state index contributed by atoms with van der Waals surface area (Å²) >= 11 is 0. The summed E-state index contributed by atoms with van der Waals surface area (Å²) in [7, 11) is 1.00. The van der Waals surface area contributed by atoms with E-state index in [1.165, 1.54) is 10.8 Å². The first kappa shape index (κ1) is 27.5. The third-order valence-corrected chi connectivity index (χ3v) is 3.25. The van der Waals surface area contributed by atoms with Gasteiger partial charge in [0.2, 0.25) is 0 Å². The molecule has 6 heteroatoms. The fourth-order valence-corrected chi connectivity index (χ4v) is 2.17. The van der Waals surface area contributed by atoms with Gasteiger partial charge in [0, 0.05) is 26.5 Å². The van der Waals surface area contributed by atoms with Crippen molar-refractivity contribution in [3.05, 3.63) is 48.0 Å². The Balaban J connectivity index is 0. The maximum atomic E-state index is 10.9. The van der Waals surface area contributed by atoms with Gasteiger partial charge in [-0.15, -0.1) is 0 Å². The van der Waals surface area contributed by atoms with Gasteiger partial charge in [0.15, 0.2) is 5.96 Å². The van der Waals surface area contributed by atoms with Crippen LogP contribution in [0, 0.1) is 0 Å². The molecule has 0 spiro atoms. The second kappa shape index (κ2) is 17.7. The summed E-state index contributed by atoms with van der Waals surface area (Å²) < 4.78 is 0. The van der Waals surface area contributed by atoms with Crippen LogP contribution in [0.4, 0.5) is 0 Å². The standard InChI is InChI=1S/C13H12O.C6H13N3O.C2H6.CH4O/c1-10(14)8-11-6-7-12-4-2-3-5-13(12)9-11;1-5(10)3-2-4-9-6(7)8;2*1-2/h2-7,9H,8H2,1H3;2-4H2,1H3,(H4,7,8,9);1-2H3;2H,1H3.